The lowest BCUT2D eigenvalue weighted by Gasteiger charge is -2.06. The zero-order chi connectivity index (χ0) is 22.0. The van der Waals surface area contributed by atoms with E-state index in [1.807, 2.05) is 56.3 Å². The highest BCUT2D eigenvalue weighted by molar-refractivity contribution is 7.99. The SMILES string of the molecule is Cc1cc(NC(=O)CCCSc2ccc(Cl)cc2)n(-c2nc3c(C)ccc(Cl)c3s2)n1. The van der Waals surface area contributed by atoms with Crippen molar-refractivity contribution < 1.29 is 4.79 Å². The molecule has 4 aromatic rings. The molecule has 2 aromatic heterocycles. The highest BCUT2D eigenvalue weighted by Crippen LogP contribution is 2.34. The van der Waals surface area contributed by atoms with Gasteiger partial charge in [0, 0.05) is 22.4 Å². The third kappa shape index (κ3) is 5.23. The summed E-state index contributed by atoms with van der Waals surface area (Å²) in [7, 11) is 0. The summed E-state index contributed by atoms with van der Waals surface area (Å²) in [6.45, 7) is 3.89. The maximum absolute atomic E-state index is 12.5. The van der Waals surface area contributed by atoms with Gasteiger partial charge in [-0.25, -0.2) is 4.98 Å². The number of thiazole rings is 1. The Labute approximate surface area is 198 Å². The molecule has 1 amide bonds. The van der Waals surface area contributed by atoms with Crippen LogP contribution in [0.3, 0.4) is 0 Å². The number of anilines is 1. The molecule has 9 heteroatoms. The van der Waals surface area contributed by atoms with Gasteiger partial charge in [-0.3, -0.25) is 4.79 Å². The summed E-state index contributed by atoms with van der Waals surface area (Å²) < 4.78 is 2.59. The summed E-state index contributed by atoms with van der Waals surface area (Å²) in [6.07, 6.45) is 1.19. The Balaban J connectivity index is 1.41. The molecule has 0 unspecified atom stereocenters. The van der Waals surface area contributed by atoms with Crippen LogP contribution < -0.4 is 5.32 Å². The molecule has 160 valence electrons. The van der Waals surface area contributed by atoms with Gasteiger partial charge >= 0.3 is 0 Å². The van der Waals surface area contributed by atoms with Crippen LogP contribution >= 0.6 is 46.3 Å². The number of aryl methyl sites for hydroxylation is 2. The van der Waals surface area contributed by atoms with Gasteiger partial charge in [-0.15, -0.1) is 11.8 Å². The van der Waals surface area contributed by atoms with Crippen LogP contribution in [0, 0.1) is 13.8 Å². The molecular weight excluding hydrogens is 471 g/mol. The highest BCUT2D eigenvalue weighted by atomic mass is 35.5. The van der Waals surface area contributed by atoms with Crippen LogP contribution in [0.4, 0.5) is 5.82 Å². The number of thioether (sulfide) groups is 1. The molecule has 31 heavy (non-hydrogen) atoms. The first kappa shape index (κ1) is 22.1. The fourth-order valence-corrected chi connectivity index (χ4v) is 5.34. The van der Waals surface area contributed by atoms with Gasteiger partial charge in [0.25, 0.3) is 0 Å². The van der Waals surface area contributed by atoms with Gasteiger partial charge in [-0.2, -0.15) is 9.78 Å². The van der Waals surface area contributed by atoms with Crippen molar-refractivity contribution in [3.8, 4) is 5.13 Å². The Morgan fingerprint density at radius 3 is 2.68 bits per heavy atom. The molecule has 2 aromatic carbocycles. The minimum atomic E-state index is -0.0480. The number of nitrogens with zero attached hydrogens (tertiary/aromatic N) is 3. The van der Waals surface area contributed by atoms with Gasteiger partial charge in [0.15, 0.2) is 0 Å². The van der Waals surface area contributed by atoms with Crippen molar-refractivity contribution in [2.24, 2.45) is 0 Å². The lowest BCUT2D eigenvalue weighted by Crippen LogP contribution is -2.14. The van der Waals surface area contributed by atoms with Crippen LogP contribution in [0.1, 0.15) is 24.1 Å². The number of hydrogen-bond acceptors (Lipinski definition) is 5. The number of benzene rings is 2. The van der Waals surface area contributed by atoms with Gasteiger partial charge in [0.2, 0.25) is 11.0 Å². The van der Waals surface area contributed by atoms with Crippen molar-refractivity contribution in [1.82, 2.24) is 14.8 Å². The molecule has 0 atom stereocenters. The maximum atomic E-state index is 12.5. The fraction of sp³-hybridized carbons (Fsp3) is 0.227. The third-order valence-electron chi connectivity index (χ3n) is 4.60. The van der Waals surface area contributed by atoms with E-state index in [1.54, 1.807) is 16.4 Å². The maximum Gasteiger partial charge on any atom is 0.225 e. The van der Waals surface area contributed by atoms with Crippen LogP contribution in [-0.2, 0) is 4.79 Å². The highest BCUT2D eigenvalue weighted by Gasteiger charge is 2.16. The van der Waals surface area contributed by atoms with Crippen molar-refractivity contribution in [3.05, 3.63) is 63.8 Å². The summed E-state index contributed by atoms with van der Waals surface area (Å²) >= 11 is 15.4. The molecule has 2 heterocycles. The fourth-order valence-electron chi connectivity index (χ4n) is 3.07. The standard InChI is InChI=1S/C22H20Cl2N4OS2/c1-13-5-10-17(24)21-20(13)26-22(31-21)28-18(12-14(2)27-28)25-19(29)4-3-11-30-16-8-6-15(23)7-9-16/h5-10,12H,3-4,11H2,1-2H3,(H,25,29). The molecular formula is C22H20Cl2N4OS2. The largest absolute Gasteiger partial charge is 0.311 e. The summed E-state index contributed by atoms with van der Waals surface area (Å²) in [4.78, 5) is 18.4. The molecule has 0 bridgehead atoms. The lowest BCUT2D eigenvalue weighted by molar-refractivity contribution is -0.116. The summed E-state index contributed by atoms with van der Waals surface area (Å²) in [5, 5.41) is 9.56. The lowest BCUT2D eigenvalue weighted by atomic mass is 10.2. The Kier molecular flexibility index (Phi) is 6.86. The van der Waals surface area contributed by atoms with Crippen molar-refractivity contribution in [2.75, 3.05) is 11.1 Å². The smallest absolute Gasteiger partial charge is 0.225 e. The molecule has 1 N–H and O–H groups in total. The average molecular weight is 491 g/mol. The number of halogens is 2. The predicted octanol–water partition coefficient (Wildman–Crippen LogP) is 6.92. The zero-order valence-electron chi connectivity index (χ0n) is 17.0. The number of carbonyl (C=O) groups excluding carboxylic acids is 1. The van der Waals surface area contributed by atoms with E-state index in [4.69, 9.17) is 28.2 Å². The summed E-state index contributed by atoms with van der Waals surface area (Å²) in [5.74, 6) is 1.41. The molecule has 0 aliphatic rings. The predicted molar refractivity (Wildman–Crippen MR) is 131 cm³/mol. The Hall–Kier alpha value is -2.06. The van der Waals surface area contributed by atoms with Crippen molar-refractivity contribution in [3.63, 3.8) is 0 Å². The first-order valence-corrected chi connectivity index (χ1v) is 12.3. The number of fused-ring (bicyclic) bond motifs is 1. The summed E-state index contributed by atoms with van der Waals surface area (Å²) in [6, 6.07) is 13.4. The molecule has 0 fully saturated rings. The van der Waals surface area contributed by atoms with E-state index in [1.165, 1.54) is 11.3 Å². The average Bonchev–Trinajstić information content (AvgIpc) is 3.34. The molecule has 0 radical (unpaired) electrons. The quantitative estimate of drug-likeness (QED) is 0.225. The van der Waals surface area contributed by atoms with Gasteiger partial charge in [-0.1, -0.05) is 40.6 Å². The van der Waals surface area contributed by atoms with Crippen LogP contribution in [0.2, 0.25) is 10.0 Å². The van der Waals surface area contributed by atoms with E-state index >= 15 is 0 Å². The number of rotatable bonds is 7. The number of amides is 1. The van der Waals surface area contributed by atoms with E-state index in [9.17, 15) is 4.79 Å². The zero-order valence-corrected chi connectivity index (χ0v) is 20.1. The van der Waals surface area contributed by atoms with Crippen molar-refractivity contribution in [2.45, 2.75) is 31.6 Å². The van der Waals surface area contributed by atoms with Crippen LogP contribution in [0.25, 0.3) is 15.3 Å². The Morgan fingerprint density at radius 1 is 1.16 bits per heavy atom. The molecule has 0 saturated heterocycles. The van der Waals surface area contributed by atoms with Crippen molar-refractivity contribution in [1.29, 1.82) is 0 Å². The second kappa shape index (κ2) is 9.61. The molecule has 0 saturated carbocycles. The van der Waals surface area contributed by atoms with E-state index in [-0.39, 0.29) is 5.91 Å². The van der Waals surface area contributed by atoms with Gasteiger partial charge < -0.3 is 5.32 Å². The first-order chi connectivity index (χ1) is 14.9. The number of carbonyl (C=O) groups is 1. The summed E-state index contributed by atoms with van der Waals surface area (Å²) in [5.41, 5.74) is 2.71. The molecule has 5 nitrogen and oxygen atoms in total. The van der Waals surface area contributed by atoms with Crippen LogP contribution in [0.5, 0.6) is 0 Å². The van der Waals surface area contributed by atoms with Crippen molar-refractivity contribution >= 4 is 68.2 Å². The monoisotopic (exact) mass is 490 g/mol. The van der Waals surface area contributed by atoms with E-state index in [0.717, 1.165) is 43.6 Å². The number of nitrogens with one attached hydrogen (secondary N) is 1. The Bertz CT molecular complexity index is 1200. The normalized spacial score (nSPS) is 11.2. The van der Waals surface area contributed by atoms with E-state index in [2.05, 4.69) is 10.4 Å². The topological polar surface area (TPSA) is 59.8 Å². The van der Waals surface area contributed by atoms with E-state index < -0.39 is 0 Å². The molecule has 4 rings (SSSR count). The van der Waals surface area contributed by atoms with Gasteiger partial charge in [-0.05, 0) is 61.9 Å². The molecule has 0 aliphatic carbocycles. The van der Waals surface area contributed by atoms with E-state index in [0.29, 0.717) is 22.4 Å². The number of aromatic nitrogens is 3. The third-order valence-corrected chi connectivity index (χ3v) is 7.44. The Morgan fingerprint density at radius 2 is 1.94 bits per heavy atom. The first-order valence-electron chi connectivity index (χ1n) is 9.71. The molecule has 0 spiro atoms. The van der Waals surface area contributed by atoms with Gasteiger partial charge in [0.1, 0.15) is 5.82 Å². The molecule has 0 aliphatic heterocycles. The minimum absolute atomic E-state index is 0.0480. The van der Waals surface area contributed by atoms with Crippen LogP contribution in [0.15, 0.2) is 47.4 Å². The second-order valence-corrected chi connectivity index (χ2v) is 10.1. The van der Waals surface area contributed by atoms with Gasteiger partial charge in [0.05, 0.1) is 20.9 Å². The second-order valence-electron chi connectivity index (χ2n) is 7.08. The number of hydrogen-bond donors (Lipinski definition) is 1. The minimum Gasteiger partial charge on any atom is -0.311 e. The van der Waals surface area contributed by atoms with Crippen LogP contribution in [-0.4, -0.2) is 26.4 Å².